The molecular weight excluding hydrogens is 254 g/mol. The van der Waals surface area contributed by atoms with Crippen molar-refractivity contribution in [3.05, 3.63) is 53.5 Å². The normalized spacial score (nSPS) is 18.5. The van der Waals surface area contributed by atoms with Crippen LogP contribution in [0.3, 0.4) is 0 Å². The lowest BCUT2D eigenvalue weighted by Crippen LogP contribution is -2.31. The third-order valence-electron chi connectivity index (χ3n) is 3.67. The van der Waals surface area contributed by atoms with Crippen LogP contribution >= 0.6 is 0 Å². The van der Waals surface area contributed by atoms with Crippen LogP contribution in [-0.4, -0.2) is 17.6 Å². The number of benzene rings is 1. The summed E-state index contributed by atoms with van der Waals surface area (Å²) in [5.74, 6) is 0.639. The lowest BCUT2D eigenvalue weighted by Gasteiger charge is -2.22. The zero-order chi connectivity index (χ0) is 14.1. The fourth-order valence-electron chi connectivity index (χ4n) is 2.66. The van der Waals surface area contributed by atoms with Crippen LogP contribution in [0.2, 0.25) is 0 Å². The molecule has 3 rings (SSSR count). The highest BCUT2D eigenvalue weighted by Crippen LogP contribution is 2.33. The molecule has 4 heteroatoms. The second-order valence-electron chi connectivity index (χ2n) is 5.12. The summed E-state index contributed by atoms with van der Waals surface area (Å²) >= 11 is 0. The highest BCUT2D eigenvalue weighted by molar-refractivity contribution is 6.06. The number of anilines is 1. The van der Waals surface area contributed by atoms with Crippen LogP contribution in [0.1, 0.15) is 40.6 Å². The van der Waals surface area contributed by atoms with E-state index in [9.17, 15) is 9.90 Å². The summed E-state index contributed by atoms with van der Waals surface area (Å²) in [6.07, 6.45) is 2.43. The number of nitrogens with zero attached hydrogens (tertiary/aromatic N) is 1. The van der Waals surface area contributed by atoms with Gasteiger partial charge in [-0.15, -0.1) is 0 Å². The Bertz CT molecular complexity index is 632. The van der Waals surface area contributed by atoms with E-state index >= 15 is 0 Å². The van der Waals surface area contributed by atoms with E-state index < -0.39 is 6.10 Å². The summed E-state index contributed by atoms with van der Waals surface area (Å²) in [6.45, 7) is 2.42. The summed E-state index contributed by atoms with van der Waals surface area (Å²) in [5, 5.41) is 10.2. The first-order valence-electron chi connectivity index (χ1n) is 6.81. The molecule has 2 aromatic rings. The Balaban J connectivity index is 2.01. The maximum absolute atomic E-state index is 12.6. The van der Waals surface area contributed by atoms with Crippen LogP contribution in [0, 0.1) is 6.92 Å². The smallest absolute Gasteiger partial charge is 0.261 e. The van der Waals surface area contributed by atoms with Crippen molar-refractivity contribution in [3.8, 4) is 0 Å². The van der Waals surface area contributed by atoms with E-state index in [1.165, 1.54) is 6.26 Å². The third kappa shape index (κ3) is 2.23. The van der Waals surface area contributed by atoms with Gasteiger partial charge in [0, 0.05) is 17.8 Å². The average Bonchev–Trinajstić information content (AvgIpc) is 2.82. The minimum absolute atomic E-state index is 0.0802. The molecule has 4 nitrogen and oxygen atoms in total. The standard InChI is InChI=1S/C16H17NO3/c1-11-9-12(10-20-11)16(19)17-8-4-7-15(18)13-5-2-3-6-14(13)17/h2-3,5-6,9-10,15,18H,4,7-8H2,1H3. The number of furan rings is 1. The van der Waals surface area contributed by atoms with E-state index in [1.54, 1.807) is 11.0 Å². The highest BCUT2D eigenvalue weighted by atomic mass is 16.3. The predicted molar refractivity (Wildman–Crippen MR) is 75.8 cm³/mol. The monoisotopic (exact) mass is 271 g/mol. The van der Waals surface area contributed by atoms with Crippen molar-refractivity contribution in [2.24, 2.45) is 0 Å². The molecule has 0 radical (unpaired) electrons. The fourth-order valence-corrected chi connectivity index (χ4v) is 2.66. The van der Waals surface area contributed by atoms with Crippen molar-refractivity contribution in [2.45, 2.75) is 25.9 Å². The Morgan fingerprint density at radius 2 is 2.20 bits per heavy atom. The molecule has 1 aliphatic rings. The number of hydrogen-bond donors (Lipinski definition) is 1. The first-order chi connectivity index (χ1) is 9.66. The predicted octanol–water partition coefficient (Wildman–Crippen LogP) is 3.06. The summed E-state index contributed by atoms with van der Waals surface area (Å²) < 4.78 is 5.22. The van der Waals surface area contributed by atoms with Gasteiger partial charge in [0.25, 0.3) is 5.91 Å². The van der Waals surface area contributed by atoms with Crippen molar-refractivity contribution in [1.82, 2.24) is 0 Å². The van der Waals surface area contributed by atoms with E-state index in [-0.39, 0.29) is 5.91 Å². The molecule has 104 valence electrons. The van der Waals surface area contributed by atoms with E-state index in [4.69, 9.17) is 4.42 Å². The van der Waals surface area contributed by atoms with E-state index in [0.29, 0.717) is 18.5 Å². The molecular formula is C16H17NO3. The molecule has 2 heterocycles. The molecule has 1 aromatic carbocycles. The van der Waals surface area contributed by atoms with Gasteiger partial charge in [-0.1, -0.05) is 18.2 Å². The van der Waals surface area contributed by atoms with Crippen molar-refractivity contribution < 1.29 is 14.3 Å². The molecule has 1 aliphatic heterocycles. The number of fused-ring (bicyclic) bond motifs is 1. The summed E-state index contributed by atoms with van der Waals surface area (Å²) in [6, 6.07) is 9.28. The number of hydrogen-bond acceptors (Lipinski definition) is 3. The zero-order valence-electron chi connectivity index (χ0n) is 11.4. The average molecular weight is 271 g/mol. The fraction of sp³-hybridized carbons (Fsp3) is 0.312. The molecule has 20 heavy (non-hydrogen) atoms. The van der Waals surface area contributed by atoms with Crippen LogP contribution in [0.4, 0.5) is 5.69 Å². The molecule has 0 bridgehead atoms. The number of aliphatic hydroxyl groups excluding tert-OH is 1. The number of aliphatic hydroxyl groups is 1. The van der Waals surface area contributed by atoms with Crippen molar-refractivity contribution >= 4 is 11.6 Å². The number of rotatable bonds is 1. The quantitative estimate of drug-likeness (QED) is 0.867. The lowest BCUT2D eigenvalue weighted by molar-refractivity contribution is 0.0986. The van der Waals surface area contributed by atoms with Gasteiger partial charge in [0.05, 0.1) is 11.7 Å². The second kappa shape index (κ2) is 5.13. The maximum atomic E-state index is 12.6. The summed E-state index contributed by atoms with van der Waals surface area (Å²) in [5.41, 5.74) is 2.16. The van der Waals surface area contributed by atoms with Crippen LogP contribution in [0.25, 0.3) is 0 Å². The minimum Gasteiger partial charge on any atom is -0.469 e. The van der Waals surface area contributed by atoms with Crippen LogP contribution < -0.4 is 4.90 Å². The Morgan fingerprint density at radius 1 is 1.40 bits per heavy atom. The second-order valence-corrected chi connectivity index (χ2v) is 5.12. The van der Waals surface area contributed by atoms with Crippen molar-refractivity contribution in [3.63, 3.8) is 0 Å². The van der Waals surface area contributed by atoms with E-state index in [0.717, 1.165) is 23.4 Å². The van der Waals surface area contributed by atoms with Crippen LogP contribution in [0.5, 0.6) is 0 Å². The molecule has 0 saturated heterocycles. The van der Waals surface area contributed by atoms with Gasteiger partial charge in [-0.05, 0) is 31.9 Å². The zero-order valence-corrected chi connectivity index (χ0v) is 11.4. The largest absolute Gasteiger partial charge is 0.469 e. The minimum atomic E-state index is -0.505. The van der Waals surface area contributed by atoms with Crippen LogP contribution in [0.15, 0.2) is 41.0 Å². The molecule has 1 aromatic heterocycles. The topological polar surface area (TPSA) is 53.7 Å². The molecule has 1 unspecified atom stereocenters. The molecule has 1 N–H and O–H groups in total. The summed E-state index contributed by atoms with van der Waals surface area (Å²) in [7, 11) is 0. The van der Waals surface area contributed by atoms with Gasteiger partial charge in [-0.25, -0.2) is 0 Å². The first-order valence-corrected chi connectivity index (χ1v) is 6.81. The summed E-state index contributed by atoms with van der Waals surface area (Å²) in [4.78, 5) is 14.4. The maximum Gasteiger partial charge on any atom is 0.261 e. The molecule has 0 spiro atoms. The van der Waals surface area contributed by atoms with Crippen molar-refractivity contribution in [1.29, 1.82) is 0 Å². The Kier molecular flexibility index (Phi) is 3.32. The van der Waals surface area contributed by atoms with Gasteiger partial charge in [-0.2, -0.15) is 0 Å². The molecule has 0 fully saturated rings. The van der Waals surface area contributed by atoms with Gasteiger partial charge >= 0.3 is 0 Å². The lowest BCUT2D eigenvalue weighted by atomic mass is 10.0. The van der Waals surface area contributed by atoms with Gasteiger partial charge in [0.1, 0.15) is 12.0 Å². The number of carbonyl (C=O) groups is 1. The van der Waals surface area contributed by atoms with E-state index in [1.807, 2.05) is 31.2 Å². The van der Waals surface area contributed by atoms with Crippen LogP contribution in [-0.2, 0) is 0 Å². The number of carbonyl (C=O) groups excluding carboxylic acids is 1. The third-order valence-corrected chi connectivity index (χ3v) is 3.67. The van der Waals surface area contributed by atoms with E-state index in [2.05, 4.69) is 0 Å². The molecule has 0 saturated carbocycles. The Labute approximate surface area is 117 Å². The van der Waals surface area contributed by atoms with Gasteiger partial charge in [-0.3, -0.25) is 4.79 Å². The van der Waals surface area contributed by atoms with Crippen molar-refractivity contribution in [2.75, 3.05) is 11.4 Å². The van der Waals surface area contributed by atoms with Gasteiger partial charge in [0.15, 0.2) is 0 Å². The molecule has 1 atom stereocenters. The molecule has 0 aliphatic carbocycles. The molecule has 1 amide bonds. The highest BCUT2D eigenvalue weighted by Gasteiger charge is 2.26. The first kappa shape index (κ1) is 12.9. The van der Waals surface area contributed by atoms with Gasteiger partial charge < -0.3 is 14.4 Å². The Morgan fingerprint density at radius 3 is 2.95 bits per heavy atom. The SMILES string of the molecule is Cc1cc(C(=O)N2CCCC(O)c3ccccc32)co1. The number of para-hydroxylation sites is 1. The Hall–Kier alpha value is -2.07. The number of amides is 1. The number of aryl methyl sites for hydroxylation is 1. The van der Waals surface area contributed by atoms with Gasteiger partial charge in [0.2, 0.25) is 0 Å².